The van der Waals surface area contributed by atoms with Crippen molar-refractivity contribution in [1.29, 1.82) is 0 Å². The van der Waals surface area contributed by atoms with E-state index in [2.05, 4.69) is 26.1 Å². The van der Waals surface area contributed by atoms with Gasteiger partial charge in [0, 0.05) is 37.8 Å². The first-order valence-electron chi connectivity index (χ1n) is 6.90. The number of phenolic OH excluding ortho intramolecular Hbond substituents is 1. The summed E-state index contributed by atoms with van der Waals surface area (Å²) in [4.78, 5) is 2.26. The Labute approximate surface area is 125 Å². The zero-order valence-corrected chi connectivity index (χ0v) is 12.6. The number of hydrogen-bond donors (Lipinski definition) is 2. The van der Waals surface area contributed by atoms with Gasteiger partial charge in [-0.05, 0) is 40.8 Å². The fourth-order valence-corrected chi connectivity index (χ4v) is 3.37. The summed E-state index contributed by atoms with van der Waals surface area (Å²) in [5, 5.41) is 13.3. The van der Waals surface area contributed by atoms with E-state index in [1.165, 1.54) is 6.07 Å². The van der Waals surface area contributed by atoms with E-state index in [0.717, 1.165) is 39.0 Å². The summed E-state index contributed by atoms with van der Waals surface area (Å²) in [7, 11) is 0. The van der Waals surface area contributed by atoms with Gasteiger partial charge in [-0.25, -0.2) is 4.39 Å². The number of rotatable bonds is 3. The Bertz CT molecular complexity index is 516. The van der Waals surface area contributed by atoms with Crippen molar-refractivity contribution < 1.29 is 13.9 Å². The lowest BCUT2D eigenvalue weighted by molar-refractivity contribution is 0.152. The molecule has 1 saturated carbocycles. The van der Waals surface area contributed by atoms with E-state index in [0.29, 0.717) is 11.5 Å². The maximum Gasteiger partial charge on any atom is 0.201 e. The molecule has 110 valence electrons. The van der Waals surface area contributed by atoms with Crippen LogP contribution in [0.15, 0.2) is 10.5 Å². The van der Waals surface area contributed by atoms with Crippen molar-refractivity contribution in [1.82, 2.24) is 10.2 Å². The first-order chi connectivity index (χ1) is 9.59. The minimum absolute atomic E-state index is 0.0245. The highest BCUT2D eigenvalue weighted by Crippen LogP contribution is 2.48. The van der Waals surface area contributed by atoms with Crippen molar-refractivity contribution >= 4 is 15.9 Å². The molecule has 1 atom stereocenters. The molecule has 1 aromatic rings. The second-order valence-electron chi connectivity index (χ2n) is 5.49. The summed E-state index contributed by atoms with van der Waals surface area (Å²) in [6.45, 7) is 3.48. The highest BCUT2D eigenvalue weighted by atomic mass is 79.9. The smallest absolute Gasteiger partial charge is 0.201 e. The molecule has 3 nitrogen and oxygen atoms in total. The fraction of sp³-hybridized carbons (Fsp3) is 0.571. The fourth-order valence-electron chi connectivity index (χ4n) is 2.95. The van der Waals surface area contributed by atoms with Crippen LogP contribution in [0.2, 0.25) is 0 Å². The predicted molar refractivity (Wildman–Crippen MR) is 75.6 cm³/mol. The maximum absolute atomic E-state index is 13.8. The minimum atomic E-state index is -1.16. The van der Waals surface area contributed by atoms with Crippen LogP contribution in [0.25, 0.3) is 0 Å². The molecule has 6 heteroatoms. The van der Waals surface area contributed by atoms with E-state index < -0.39 is 17.4 Å². The number of nitrogens with zero attached hydrogens (tertiary/aromatic N) is 1. The van der Waals surface area contributed by atoms with E-state index in [1.54, 1.807) is 0 Å². The molecule has 0 unspecified atom stereocenters. The quantitative estimate of drug-likeness (QED) is 0.826. The Morgan fingerprint density at radius 1 is 1.25 bits per heavy atom. The third-order valence-electron chi connectivity index (χ3n) is 4.10. The van der Waals surface area contributed by atoms with Gasteiger partial charge in [-0.15, -0.1) is 0 Å². The van der Waals surface area contributed by atoms with E-state index in [4.69, 9.17) is 0 Å². The summed E-state index contributed by atoms with van der Waals surface area (Å²) in [5.74, 6) is -2.30. The molecule has 1 saturated heterocycles. The molecule has 0 amide bonds. The first-order valence-corrected chi connectivity index (χ1v) is 7.70. The number of phenols is 1. The Morgan fingerprint density at radius 3 is 2.50 bits per heavy atom. The summed E-state index contributed by atoms with van der Waals surface area (Å²) in [6, 6.07) is 1.50. The summed E-state index contributed by atoms with van der Waals surface area (Å²) >= 11 is 3.04. The molecule has 0 aromatic heterocycles. The Hall–Kier alpha value is -0.720. The molecular formula is C14H17BrF2N2O. The van der Waals surface area contributed by atoms with Crippen molar-refractivity contribution in [3.05, 3.63) is 27.7 Å². The molecule has 1 aliphatic carbocycles. The lowest BCUT2D eigenvalue weighted by atomic mass is 9.98. The van der Waals surface area contributed by atoms with Crippen LogP contribution in [0.4, 0.5) is 8.78 Å². The largest absolute Gasteiger partial charge is 0.505 e. The molecule has 0 bridgehead atoms. The Kier molecular flexibility index (Phi) is 3.97. The molecule has 1 heterocycles. The summed E-state index contributed by atoms with van der Waals surface area (Å²) in [5.41, 5.74) is 0.500. The van der Waals surface area contributed by atoms with Gasteiger partial charge >= 0.3 is 0 Å². The molecule has 20 heavy (non-hydrogen) atoms. The van der Waals surface area contributed by atoms with E-state index in [9.17, 15) is 13.9 Å². The van der Waals surface area contributed by atoms with Crippen LogP contribution in [0.5, 0.6) is 5.75 Å². The van der Waals surface area contributed by atoms with Gasteiger partial charge < -0.3 is 10.4 Å². The van der Waals surface area contributed by atoms with Crippen molar-refractivity contribution in [2.24, 2.45) is 5.92 Å². The maximum atomic E-state index is 13.8. The monoisotopic (exact) mass is 346 g/mol. The van der Waals surface area contributed by atoms with Gasteiger partial charge in [-0.1, -0.05) is 0 Å². The molecule has 0 radical (unpaired) electrons. The second-order valence-corrected chi connectivity index (χ2v) is 6.35. The van der Waals surface area contributed by atoms with Crippen molar-refractivity contribution in [2.45, 2.75) is 18.9 Å². The Morgan fingerprint density at radius 2 is 1.90 bits per heavy atom. The lowest BCUT2D eigenvalue weighted by Crippen LogP contribution is -2.45. The standard InChI is InChI=1S/C14H17BrF2N2O/c15-10-7-9(14(20)12(17)11(10)16)13(8-1-2-8)19-5-3-18-4-6-19/h7-8,13,18,20H,1-6H2/t13-/m0/s1. The summed E-state index contributed by atoms with van der Waals surface area (Å²) in [6.07, 6.45) is 2.15. The van der Waals surface area contributed by atoms with Gasteiger partial charge in [0.1, 0.15) is 0 Å². The number of piperazine rings is 1. The second kappa shape index (κ2) is 5.58. The highest BCUT2D eigenvalue weighted by molar-refractivity contribution is 9.10. The van der Waals surface area contributed by atoms with Crippen molar-refractivity contribution in [3.8, 4) is 5.75 Å². The normalized spacial score (nSPS) is 21.9. The zero-order valence-electron chi connectivity index (χ0n) is 11.0. The van der Waals surface area contributed by atoms with Gasteiger partial charge in [0.2, 0.25) is 5.82 Å². The van der Waals surface area contributed by atoms with Crippen LogP contribution in [0, 0.1) is 17.6 Å². The molecule has 2 fully saturated rings. The number of nitrogens with one attached hydrogen (secondary N) is 1. The van der Waals surface area contributed by atoms with Crippen LogP contribution in [-0.2, 0) is 0 Å². The van der Waals surface area contributed by atoms with E-state index in [1.807, 2.05) is 0 Å². The van der Waals surface area contributed by atoms with Crippen LogP contribution in [-0.4, -0.2) is 36.2 Å². The average molecular weight is 347 g/mol. The molecular weight excluding hydrogens is 330 g/mol. The van der Waals surface area contributed by atoms with Gasteiger partial charge in [-0.2, -0.15) is 4.39 Å². The zero-order chi connectivity index (χ0) is 14.3. The molecule has 0 spiro atoms. The van der Waals surface area contributed by atoms with Gasteiger partial charge in [0.25, 0.3) is 0 Å². The minimum Gasteiger partial charge on any atom is -0.505 e. The van der Waals surface area contributed by atoms with Gasteiger partial charge in [-0.3, -0.25) is 4.90 Å². The third-order valence-corrected chi connectivity index (χ3v) is 4.68. The molecule has 2 aliphatic rings. The Balaban J connectivity index is 1.99. The topological polar surface area (TPSA) is 35.5 Å². The first kappa shape index (κ1) is 14.2. The predicted octanol–water partition coefficient (Wildman–Crippen LogP) is 2.79. The van der Waals surface area contributed by atoms with Crippen molar-refractivity contribution in [2.75, 3.05) is 26.2 Å². The number of benzene rings is 1. The van der Waals surface area contributed by atoms with Crippen molar-refractivity contribution in [3.63, 3.8) is 0 Å². The SMILES string of the molecule is Oc1c([C@H](C2CC2)N2CCNCC2)cc(Br)c(F)c1F. The molecule has 1 aliphatic heterocycles. The van der Waals surface area contributed by atoms with E-state index in [-0.39, 0.29) is 10.5 Å². The average Bonchev–Trinajstić information content (AvgIpc) is 3.28. The molecule has 3 rings (SSSR count). The third kappa shape index (κ3) is 2.56. The van der Waals surface area contributed by atoms with Gasteiger partial charge in [0.05, 0.1) is 4.47 Å². The summed E-state index contributed by atoms with van der Waals surface area (Å²) < 4.78 is 27.3. The van der Waals surface area contributed by atoms with Crippen LogP contribution >= 0.6 is 15.9 Å². The molecule has 2 N–H and O–H groups in total. The van der Waals surface area contributed by atoms with Gasteiger partial charge in [0.15, 0.2) is 11.6 Å². The number of aromatic hydroxyl groups is 1. The van der Waals surface area contributed by atoms with Crippen LogP contribution in [0.3, 0.4) is 0 Å². The molecule has 1 aromatic carbocycles. The highest BCUT2D eigenvalue weighted by Gasteiger charge is 2.39. The van der Waals surface area contributed by atoms with Crippen LogP contribution in [0.1, 0.15) is 24.4 Å². The number of halogens is 3. The number of hydrogen-bond acceptors (Lipinski definition) is 3. The van der Waals surface area contributed by atoms with E-state index >= 15 is 0 Å². The van der Waals surface area contributed by atoms with Crippen LogP contribution < -0.4 is 5.32 Å². The lowest BCUT2D eigenvalue weighted by Gasteiger charge is -2.35.